The molecule has 2 bridgehead atoms. The van der Waals surface area contributed by atoms with Crippen LogP contribution in [0.5, 0.6) is 0 Å². The number of nitriles is 1. The summed E-state index contributed by atoms with van der Waals surface area (Å²) in [5.41, 5.74) is 7.35. The SMILES string of the molecule is C#Cc1ccc(CN2C3CC2CN(c2ccc(-c4cc(C5=CCN(C)C=C5)cn5ncc(C#N)c45)cn2)C3)cn1. The molecule has 4 aromatic heterocycles. The molecule has 3 fully saturated rings. The number of allylic oxidation sites excluding steroid dienone is 2. The molecule has 2 unspecified atom stereocenters. The third-order valence-electron chi connectivity index (χ3n) is 8.24. The van der Waals surface area contributed by atoms with Gasteiger partial charge in [-0.15, -0.1) is 6.42 Å². The van der Waals surface area contributed by atoms with Crippen molar-refractivity contribution in [1.82, 2.24) is 29.4 Å². The summed E-state index contributed by atoms with van der Waals surface area (Å²) in [4.78, 5) is 16.3. The van der Waals surface area contributed by atoms with Gasteiger partial charge in [0.1, 0.15) is 17.6 Å². The number of nitrogens with zero attached hydrogens (tertiary/aromatic N) is 8. The minimum absolute atomic E-state index is 0.504. The topological polar surface area (TPSA) is 76.6 Å². The molecule has 0 N–H and O–H groups in total. The zero-order valence-corrected chi connectivity index (χ0v) is 22.3. The van der Waals surface area contributed by atoms with Gasteiger partial charge in [-0.1, -0.05) is 18.1 Å². The minimum Gasteiger partial charge on any atom is -0.377 e. The second-order valence-electron chi connectivity index (χ2n) is 10.7. The third kappa shape index (κ3) is 4.20. The number of likely N-dealkylation sites (N-methyl/N-ethyl adjacent to an activating group) is 1. The summed E-state index contributed by atoms with van der Waals surface area (Å²) in [6.45, 7) is 3.65. The van der Waals surface area contributed by atoms with Crippen molar-refractivity contribution in [2.24, 2.45) is 0 Å². The van der Waals surface area contributed by atoms with Gasteiger partial charge in [-0.25, -0.2) is 14.5 Å². The lowest BCUT2D eigenvalue weighted by Gasteiger charge is -2.56. The Labute approximate surface area is 233 Å². The molecule has 8 rings (SSSR count). The van der Waals surface area contributed by atoms with E-state index in [4.69, 9.17) is 11.4 Å². The molecule has 4 aliphatic rings. The fourth-order valence-corrected chi connectivity index (χ4v) is 6.05. The first-order chi connectivity index (χ1) is 19.6. The van der Waals surface area contributed by atoms with E-state index in [0.717, 1.165) is 59.8 Å². The monoisotopic (exact) mass is 524 g/mol. The first-order valence-electron chi connectivity index (χ1n) is 13.5. The van der Waals surface area contributed by atoms with Gasteiger partial charge in [-0.2, -0.15) is 10.4 Å². The van der Waals surface area contributed by atoms with Gasteiger partial charge in [0, 0.05) is 80.6 Å². The molecule has 0 aliphatic carbocycles. The molecule has 8 heterocycles. The van der Waals surface area contributed by atoms with E-state index in [0.29, 0.717) is 23.3 Å². The summed E-state index contributed by atoms with van der Waals surface area (Å²) < 4.78 is 1.81. The Balaban J connectivity index is 1.12. The fourth-order valence-electron chi connectivity index (χ4n) is 6.05. The summed E-state index contributed by atoms with van der Waals surface area (Å²) in [6, 6.07) is 13.7. The Morgan fingerprint density at radius 3 is 2.60 bits per heavy atom. The molecule has 3 saturated heterocycles. The van der Waals surface area contributed by atoms with E-state index >= 15 is 0 Å². The highest BCUT2D eigenvalue weighted by Crippen LogP contribution is 2.36. The molecular formula is C32H28N8. The number of rotatable bonds is 5. The van der Waals surface area contributed by atoms with Crippen molar-refractivity contribution >= 4 is 16.9 Å². The zero-order chi connectivity index (χ0) is 27.2. The molecule has 0 aromatic carbocycles. The van der Waals surface area contributed by atoms with Gasteiger partial charge in [0.05, 0.1) is 17.3 Å². The Bertz CT molecular complexity index is 1720. The van der Waals surface area contributed by atoms with Crippen molar-refractivity contribution in [3.8, 4) is 29.5 Å². The van der Waals surface area contributed by atoms with Gasteiger partial charge in [-0.05, 0) is 54.1 Å². The molecule has 0 radical (unpaired) electrons. The summed E-state index contributed by atoms with van der Waals surface area (Å²) >= 11 is 0. The Kier molecular flexibility index (Phi) is 5.84. The number of aromatic nitrogens is 4. The number of anilines is 1. The Hall–Kier alpha value is -4.92. The highest BCUT2D eigenvalue weighted by Gasteiger charge is 2.44. The third-order valence-corrected chi connectivity index (χ3v) is 8.24. The molecule has 4 aromatic rings. The molecule has 40 heavy (non-hydrogen) atoms. The van der Waals surface area contributed by atoms with Gasteiger partial charge < -0.3 is 9.80 Å². The fraction of sp³-hybridized carbons (Fsp3) is 0.250. The van der Waals surface area contributed by atoms with Crippen LogP contribution >= 0.6 is 0 Å². The smallest absolute Gasteiger partial charge is 0.128 e. The van der Waals surface area contributed by atoms with Crippen LogP contribution in [0.15, 0.2) is 73.5 Å². The van der Waals surface area contributed by atoms with E-state index in [-0.39, 0.29) is 0 Å². The lowest BCUT2D eigenvalue weighted by atomic mass is 9.87. The van der Waals surface area contributed by atoms with Crippen LogP contribution < -0.4 is 4.90 Å². The quantitative estimate of drug-likeness (QED) is 0.366. The first-order valence-corrected chi connectivity index (χ1v) is 13.5. The van der Waals surface area contributed by atoms with Gasteiger partial charge >= 0.3 is 0 Å². The maximum absolute atomic E-state index is 9.76. The number of hydrogen-bond acceptors (Lipinski definition) is 7. The van der Waals surface area contributed by atoms with Crippen molar-refractivity contribution in [3.63, 3.8) is 0 Å². The predicted molar refractivity (Wildman–Crippen MR) is 155 cm³/mol. The number of piperazine rings is 1. The van der Waals surface area contributed by atoms with Crippen LogP contribution in [-0.4, -0.2) is 68.1 Å². The van der Waals surface area contributed by atoms with Crippen LogP contribution in [-0.2, 0) is 6.54 Å². The van der Waals surface area contributed by atoms with E-state index in [1.54, 1.807) is 6.20 Å². The van der Waals surface area contributed by atoms with Crippen LogP contribution in [0.1, 0.15) is 28.8 Å². The molecule has 0 spiro atoms. The van der Waals surface area contributed by atoms with E-state index in [2.05, 4.69) is 86.4 Å². The second kappa shape index (κ2) is 9.68. The van der Waals surface area contributed by atoms with Crippen molar-refractivity contribution in [1.29, 1.82) is 5.26 Å². The van der Waals surface area contributed by atoms with Crippen molar-refractivity contribution < 1.29 is 0 Å². The number of fused-ring (bicyclic) bond motifs is 3. The summed E-state index contributed by atoms with van der Waals surface area (Å²) in [6.07, 6.45) is 20.5. The van der Waals surface area contributed by atoms with Crippen LogP contribution in [0.4, 0.5) is 5.82 Å². The average Bonchev–Trinajstić information content (AvgIpc) is 3.43. The molecule has 196 valence electrons. The van der Waals surface area contributed by atoms with Gasteiger partial charge in [0.15, 0.2) is 0 Å². The molecule has 0 amide bonds. The van der Waals surface area contributed by atoms with Crippen LogP contribution in [0, 0.1) is 23.7 Å². The molecular weight excluding hydrogens is 496 g/mol. The molecule has 8 heteroatoms. The molecule has 8 nitrogen and oxygen atoms in total. The van der Waals surface area contributed by atoms with Crippen molar-refractivity contribution in [2.75, 3.05) is 31.6 Å². The second-order valence-corrected chi connectivity index (χ2v) is 10.7. The Morgan fingerprint density at radius 1 is 1.05 bits per heavy atom. The predicted octanol–water partition coefficient (Wildman–Crippen LogP) is 3.95. The highest BCUT2D eigenvalue weighted by atomic mass is 15.4. The summed E-state index contributed by atoms with van der Waals surface area (Å²) in [5.74, 6) is 3.57. The van der Waals surface area contributed by atoms with Crippen LogP contribution in [0.3, 0.4) is 0 Å². The summed E-state index contributed by atoms with van der Waals surface area (Å²) in [7, 11) is 2.05. The molecule has 0 saturated carbocycles. The van der Waals surface area contributed by atoms with Crippen molar-refractivity contribution in [2.45, 2.75) is 25.0 Å². The number of piperidine rings is 1. The van der Waals surface area contributed by atoms with Gasteiger partial charge in [0.2, 0.25) is 0 Å². The van der Waals surface area contributed by atoms with Gasteiger partial charge in [-0.3, -0.25) is 4.90 Å². The maximum atomic E-state index is 9.76. The number of terminal acetylenes is 1. The van der Waals surface area contributed by atoms with Crippen molar-refractivity contribution in [3.05, 3.63) is 95.9 Å². The molecule has 4 aliphatic heterocycles. The van der Waals surface area contributed by atoms with Gasteiger partial charge in [0.25, 0.3) is 0 Å². The Morgan fingerprint density at radius 2 is 1.93 bits per heavy atom. The standard InChI is InChI=1S/C32H28N8/c1-3-27-6-4-22(15-34-27)18-39-28-13-29(39)21-38(20-28)31-7-5-24(16-35-31)30-12-25(23-8-10-37(2)11-9-23)19-40-32(30)26(14-33)17-36-40/h1,4-10,12,15-17,19,28-29H,11,13,18,20-21H2,2H3. The largest absolute Gasteiger partial charge is 0.377 e. The lowest BCUT2D eigenvalue weighted by molar-refractivity contribution is -0.00875. The molecule has 2 atom stereocenters. The average molecular weight is 525 g/mol. The number of hydrogen-bond donors (Lipinski definition) is 0. The lowest BCUT2D eigenvalue weighted by Crippen LogP contribution is -2.68. The van der Waals surface area contributed by atoms with Crippen LogP contribution in [0.25, 0.3) is 22.2 Å². The highest BCUT2D eigenvalue weighted by molar-refractivity contribution is 5.88. The minimum atomic E-state index is 0.504. The maximum Gasteiger partial charge on any atom is 0.128 e. The van der Waals surface area contributed by atoms with E-state index in [9.17, 15) is 5.26 Å². The van der Waals surface area contributed by atoms with Crippen LogP contribution in [0.2, 0.25) is 0 Å². The van der Waals surface area contributed by atoms with E-state index < -0.39 is 0 Å². The number of pyridine rings is 3. The summed E-state index contributed by atoms with van der Waals surface area (Å²) in [5, 5.41) is 14.2. The van der Waals surface area contributed by atoms with E-state index in [1.165, 1.54) is 12.0 Å². The first kappa shape index (κ1) is 24.1. The van der Waals surface area contributed by atoms with E-state index in [1.807, 2.05) is 29.2 Å². The zero-order valence-electron chi connectivity index (χ0n) is 22.3. The normalized spacial score (nSPS) is 20.1.